The van der Waals surface area contributed by atoms with Gasteiger partial charge in [-0.2, -0.15) is 0 Å². The molecule has 0 radical (unpaired) electrons. The number of rotatable bonds is 10. The fraction of sp³-hybridized carbons (Fsp3) is 0.310. The Morgan fingerprint density at radius 3 is 2.16 bits per heavy atom. The summed E-state index contributed by atoms with van der Waals surface area (Å²) in [5.74, 6) is -0.757. The number of anilines is 1. The molecule has 2 amide bonds. The molecule has 1 unspecified atom stereocenters. The third-order valence-electron chi connectivity index (χ3n) is 6.48. The molecule has 0 spiro atoms. The highest BCUT2D eigenvalue weighted by Crippen LogP contribution is 2.28. The number of benzene rings is 3. The maximum Gasteiger partial charge on any atom is 0.264 e. The van der Waals surface area contributed by atoms with Gasteiger partial charge >= 0.3 is 0 Å². The van der Waals surface area contributed by atoms with Crippen LogP contribution >= 0.6 is 0 Å². The molecule has 7 nitrogen and oxygen atoms in total. The maximum atomic E-state index is 14.0. The minimum Gasteiger partial charge on any atom is -0.357 e. The van der Waals surface area contributed by atoms with Gasteiger partial charge in [-0.25, -0.2) is 8.42 Å². The van der Waals surface area contributed by atoms with Gasteiger partial charge in [-0.3, -0.25) is 13.9 Å². The van der Waals surface area contributed by atoms with E-state index in [1.54, 1.807) is 24.3 Å². The molecule has 0 aliphatic heterocycles. The minimum absolute atomic E-state index is 0.0903. The Morgan fingerprint density at radius 2 is 1.54 bits per heavy atom. The van der Waals surface area contributed by atoms with Gasteiger partial charge in [-0.05, 0) is 67.6 Å². The topological polar surface area (TPSA) is 86.8 Å². The lowest BCUT2D eigenvalue weighted by atomic mass is 10.1. The van der Waals surface area contributed by atoms with Crippen LogP contribution in [0.1, 0.15) is 35.6 Å². The van der Waals surface area contributed by atoms with Gasteiger partial charge < -0.3 is 10.2 Å². The van der Waals surface area contributed by atoms with Crippen molar-refractivity contribution in [1.82, 2.24) is 10.2 Å². The number of amides is 2. The minimum atomic E-state index is -4.08. The molecule has 0 aromatic heterocycles. The molecule has 37 heavy (non-hydrogen) atoms. The van der Waals surface area contributed by atoms with Crippen molar-refractivity contribution < 1.29 is 18.0 Å². The predicted octanol–water partition coefficient (Wildman–Crippen LogP) is 4.36. The standard InChI is InChI=1S/C29H35N3O4S/c1-6-26(29(34)30-5)31(19-24-13-11-10-12-22(24)3)28(33)20-32(27-18-21(2)16-17-23(27)4)37(35,36)25-14-8-7-9-15-25/h7-18,26H,6,19-20H2,1-5H3,(H,30,34). The van der Waals surface area contributed by atoms with Crippen LogP contribution in [0.2, 0.25) is 0 Å². The van der Waals surface area contributed by atoms with E-state index in [-0.39, 0.29) is 17.3 Å². The molecule has 0 aliphatic rings. The number of nitrogens with one attached hydrogen (secondary N) is 1. The van der Waals surface area contributed by atoms with Gasteiger partial charge in [-0.1, -0.05) is 61.5 Å². The van der Waals surface area contributed by atoms with E-state index in [1.165, 1.54) is 24.1 Å². The Bertz CT molecular complexity index is 1360. The highest BCUT2D eigenvalue weighted by Gasteiger charge is 2.34. The lowest BCUT2D eigenvalue weighted by Crippen LogP contribution is -2.52. The van der Waals surface area contributed by atoms with Crippen LogP contribution in [0.15, 0.2) is 77.7 Å². The first-order valence-electron chi connectivity index (χ1n) is 12.3. The molecule has 0 saturated heterocycles. The summed E-state index contributed by atoms with van der Waals surface area (Å²) in [5, 5.41) is 2.64. The number of hydrogen-bond acceptors (Lipinski definition) is 4. The summed E-state index contributed by atoms with van der Waals surface area (Å²) < 4.78 is 28.9. The summed E-state index contributed by atoms with van der Waals surface area (Å²) in [6.07, 6.45) is 0.381. The number of carbonyl (C=O) groups excluding carboxylic acids is 2. The van der Waals surface area contributed by atoms with Crippen molar-refractivity contribution in [2.24, 2.45) is 0 Å². The Balaban J connectivity index is 2.11. The number of aryl methyl sites for hydroxylation is 3. The summed E-state index contributed by atoms with van der Waals surface area (Å²) in [4.78, 5) is 28.4. The Kier molecular flexibility index (Phi) is 9.10. The van der Waals surface area contributed by atoms with Gasteiger partial charge in [-0.15, -0.1) is 0 Å². The van der Waals surface area contributed by atoms with Gasteiger partial charge in [0.2, 0.25) is 11.8 Å². The zero-order valence-electron chi connectivity index (χ0n) is 22.1. The third kappa shape index (κ3) is 6.38. The molecule has 8 heteroatoms. The van der Waals surface area contributed by atoms with Crippen molar-refractivity contribution in [3.63, 3.8) is 0 Å². The summed E-state index contributed by atoms with van der Waals surface area (Å²) in [5.41, 5.74) is 3.90. The zero-order valence-corrected chi connectivity index (χ0v) is 22.9. The second kappa shape index (κ2) is 12.1. The molecule has 0 heterocycles. The smallest absolute Gasteiger partial charge is 0.264 e. The van der Waals surface area contributed by atoms with Crippen LogP contribution in [0.3, 0.4) is 0 Å². The van der Waals surface area contributed by atoms with E-state index in [4.69, 9.17) is 0 Å². The average molecular weight is 522 g/mol. The van der Waals surface area contributed by atoms with Crippen LogP contribution in [0.5, 0.6) is 0 Å². The second-order valence-corrected chi connectivity index (χ2v) is 11.0. The molecule has 196 valence electrons. The normalized spacial score (nSPS) is 12.0. The van der Waals surface area contributed by atoms with Gasteiger partial charge in [0.25, 0.3) is 10.0 Å². The molecule has 0 saturated carbocycles. The molecule has 3 aromatic carbocycles. The van der Waals surface area contributed by atoms with E-state index in [2.05, 4.69) is 5.32 Å². The van der Waals surface area contributed by atoms with Crippen LogP contribution in [-0.2, 0) is 26.2 Å². The van der Waals surface area contributed by atoms with Crippen molar-refractivity contribution in [1.29, 1.82) is 0 Å². The van der Waals surface area contributed by atoms with Crippen LogP contribution in [0.4, 0.5) is 5.69 Å². The number of hydrogen-bond donors (Lipinski definition) is 1. The van der Waals surface area contributed by atoms with Crippen molar-refractivity contribution in [2.45, 2.75) is 51.6 Å². The molecule has 0 bridgehead atoms. The monoisotopic (exact) mass is 521 g/mol. The molecular formula is C29H35N3O4S. The van der Waals surface area contributed by atoms with Gasteiger partial charge in [0, 0.05) is 13.6 Å². The van der Waals surface area contributed by atoms with Gasteiger partial charge in [0.05, 0.1) is 10.6 Å². The van der Waals surface area contributed by atoms with E-state index in [0.717, 1.165) is 26.6 Å². The molecule has 1 atom stereocenters. The maximum absolute atomic E-state index is 14.0. The summed E-state index contributed by atoms with van der Waals surface area (Å²) in [7, 11) is -2.54. The van der Waals surface area contributed by atoms with Crippen LogP contribution in [0.25, 0.3) is 0 Å². The van der Waals surface area contributed by atoms with Crippen LogP contribution < -0.4 is 9.62 Å². The Hall–Kier alpha value is -3.65. The molecule has 3 rings (SSSR count). The van der Waals surface area contributed by atoms with Gasteiger partial charge in [0.15, 0.2) is 0 Å². The van der Waals surface area contributed by atoms with Crippen molar-refractivity contribution >= 4 is 27.5 Å². The fourth-order valence-corrected chi connectivity index (χ4v) is 5.77. The molecule has 0 fully saturated rings. The average Bonchev–Trinajstić information content (AvgIpc) is 2.89. The number of carbonyl (C=O) groups is 2. The first-order valence-corrected chi connectivity index (χ1v) is 13.7. The van der Waals surface area contributed by atoms with E-state index >= 15 is 0 Å². The Labute approximate surface area is 220 Å². The highest BCUT2D eigenvalue weighted by molar-refractivity contribution is 7.92. The van der Waals surface area contributed by atoms with E-state index in [0.29, 0.717) is 12.1 Å². The summed E-state index contributed by atoms with van der Waals surface area (Å²) >= 11 is 0. The third-order valence-corrected chi connectivity index (χ3v) is 8.25. The quantitative estimate of drug-likeness (QED) is 0.430. The first-order chi connectivity index (χ1) is 17.6. The van der Waals surface area contributed by atoms with E-state index < -0.39 is 28.5 Å². The van der Waals surface area contributed by atoms with E-state index in [9.17, 15) is 18.0 Å². The number of nitrogens with zero attached hydrogens (tertiary/aromatic N) is 2. The van der Waals surface area contributed by atoms with Crippen molar-refractivity contribution in [3.05, 3.63) is 95.1 Å². The fourth-order valence-electron chi connectivity index (χ4n) is 4.28. The van der Waals surface area contributed by atoms with Crippen molar-refractivity contribution in [2.75, 3.05) is 17.9 Å². The lowest BCUT2D eigenvalue weighted by Gasteiger charge is -2.33. The molecule has 0 aliphatic carbocycles. The van der Waals surface area contributed by atoms with E-state index in [1.807, 2.05) is 64.1 Å². The number of likely N-dealkylation sites (N-methyl/N-ethyl adjacent to an activating group) is 1. The highest BCUT2D eigenvalue weighted by atomic mass is 32.2. The largest absolute Gasteiger partial charge is 0.357 e. The molecule has 1 N–H and O–H groups in total. The molecule has 3 aromatic rings. The summed E-state index contributed by atoms with van der Waals surface area (Å²) in [6, 6.07) is 20.5. The summed E-state index contributed by atoms with van der Waals surface area (Å²) in [6.45, 7) is 7.21. The predicted molar refractivity (Wildman–Crippen MR) is 147 cm³/mol. The zero-order chi connectivity index (χ0) is 27.2. The SMILES string of the molecule is CCC(C(=O)NC)N(Cc1ccccc1C)C(=O)CN(c1cc(C)ccc1C)S(=O)(=O)c1ccccc1. The first kappa shape index (κ1) is 27.9. The Morgan fingerprint density at radius 1 is 0.892 bits per heavy atom. The second-order valence-electron chi connectivity index (χ2n) is 9.10. The van der Waals surface area contributed by atoms with Crippen LogP contribution in [-0.4, -0.2) is 44.8 Å². The molecular weight excluding hydrogens is 486 g/mol. The number of sulfonamides is 1. The lowest BCUT2D eigenvalue weighted by molar-refractivity contribution is -0.140. The van der Waals surface area contributed by atoms with Gasteiger partial charge in [0.1, 0.15) is 12.6 Å². The van der Waals surface area contributed by atoms with Crippen LogP contribution in [0, 0.1) is 20.8 Å². The van der Waals surface area contributed by atoms with Crippen molar-refractivity contribution in [3.8, 4) is 0 Å².